The van der Waals surface area contributed by atoms with Gasteiger partial charge < -0.3 is 15.1 Å². The van der Waals surface area contributed by atoms with E-state index in [4.69, 9.17) is 0 Å². The van der Waals surface area contributed by atoms with Gasteiger partial charge in [0.15, 0.2) is 0 Å². The van der Waals surface area contributed by atoms with Crippen molar-refractivity contribution in [3.8, 4) is 0 Å². The Kier molecular flexibility index (Phi) is 5.43. The molecule has 2 aromatic rings. The molecule has 1 aliphatic rings. The summed E-state index contributed by atoms with van der Waals surface area (Å²) >= 11 is 0. The van der Waals surface area contributed by atoms with Crippen LogP contribution in [-0.4, -0.2) is 53.9 Å². The molecule has 3 rings (SSSR count). The fourth-order valence-electron chi connectivity index (χ4n) is 2.91. The number of nitro groups is 1. The summed E-state index contributed by atoms with van der Waals surface area (Å²) in [6.45, 7) is 3.48. The Bertz CT molecular complexity index is 789. The summed E-state index contributed by atoms with van der Waals surface area (Å²) in [5, 5.41) is 14.3. The average Bonchev–Trinajstić information content (AvgIpc) is 2.67. The van der Waals surface area contributed by atoms with Crippen LogP contribution in [0.15, 0.2) is 42.7 Å². The largest absolute Gasteiger partial charge is 0.363 e. The maximum atomic E-state index is 12.3. The van der Waals surface area contributed by atoms with Crippen molar-refractivity contribution in [2.45, 2.75) is 6.54 Å². The van der Waals surface area contributed by atoms with E-state index in [9.17, 15) is 14.9 Å². The van der Waals surface area contributed by atoms with Crippen molar-refractivity contribution in [1.82, 2.24) is 15.2 Å². The van der Waals surface area contributed by atoms with Crippen LogP contribution in [0.2, 0.25) is 0 Å². The Morgan fingerprint density at radius 1 is 1.27 bits per heavy atom. The molecule has 1 N–H and O–H groups in total. The van der Waals surface area contributed by atoms with E-state index in [2.05, 4.69) is 15.2 Å². The summed E-state index contributed by atoms with van der Waals surface area (Å²) in [7, 11) is 2.03. The minimum Gasteiger partial charge on any atom is -0.363 e. The van der Waals surface area contributed by atoms with Gasteiger partial charge in [-0.1, -0.05) is 6.07 Å². The Morgan fingerprint density at radius 3 is 2.69 bits per heavy atom. The Labute approximate surface area is 151 Å². The summed E-state index contributed by atoms with van der Waals surface area (Å²) in [5.74, 6) is -0.345. The zero-order valence-electron chi connectivity index (χ0n) is 14.6. The molecule has 1 amide bonds. The molecule has 0 atom stereocenters. The lowest BCUT2D eigenvalue weighted by Crippen LogP contribution is -2.44. The third kappa shape index (κ3) is 4.15. The number of piperazine rings is 1. The van der Waals surface area contributed by atoms with Crippen LogP contribution in [0, 0.1) is 10.1 Å². The molecule has 2 heterocycles. The quantitative estimate of drug-likeness (QED) is 0.648. The van der Waals surface area contributed by atoms with Gasteiger partial charge >= 0.3 is 0 Å². The monoisotopic (exact) mass is 355 g/mol. The second-order valence-electron chi connectivity index (χ2n) is 6.29. The number of nitrogens with zero attached hydrogens (tertiary/aromatic N) is 4. The molecule has 0 bridgehead atoms. The Hall–Kier alpha value is -3.00. The molecule has 26 heavy (non-hydrogen) atoms. The third-order valence-corrected chi connectivity index (χ3v) is 4.45. The van der Waals surface area contributed by atoms with Crippen molar-refractivity contribution < 1.29 is 9.72 Å². The number of hydrogen-bond acceptors (Lipinski definition) is 6. The minimum absolute atomic E-state index is 0.0384. The van der Waals surface area contributed by atoms with Crippen molar-refractivity contribution in [2.75, 3.05) is 38.1 Å². The predicted molar refractivity (Wildman–Crippen MR) is 98.2 cm³/mol. The Morgan fingerprint density at radius 2 is 2.04 bits per heavy atom. The highest BCUT2D eigenvalue weighted by atomic mass is 16.6. The number of pyridine rings is 1. The Balaban J connectivity index is 1.75. The van der Waals surface area contributed by atoms with E-state index in [0.29, 0.717) is 12.2 Å². The van der Waals surface area contributed by atoms with Crippen LogP contribution in [0.4, 0.5) is 11.4 Å². The molecular formula is C18H21N5O3. The lowest BCUT2D eigenvalue weighted by molar-refractivity contribution is -0.384. The number of carbonyl (C=O) groups excluding carboxylic acids is 1. The minimum atomic E-state index is -0.425. The molecule has 0 spiro atoms. The van der Waals surface area contributed by atoms with Crippen molar-refractivity contribution in [3.05, 3.63) is 64.0 Å². The maximum absolute atomic E-state index is 12.3. The summed E-state index contributed by atoms with van der Waals surface area (Å²) in [4.78, 5) is 31.6. The van der Waals surface area contributed by atoms with Gasteiger partial charge in [-0.3, -0.25) is 19.9 Å². The summed E-state index contributed by atoms with van der Waals surface area (Å²) < 4.78 is 0. The SMILES string of the molecule is CN1CCN(c2ccc(C(=O)NCc3cccnc3)cc2[N+](=O)[O-])CC1. The standard InChI is InChI=1S/C18H21N5O3/c1-21-7-9-22(10-8-21)16-5-4-15(11-17(16)23(25)26)18(24)20-13-14-3-2-6-19-12-14/h2-6,11-12H,7-10,13H2,1H3,(H,20,24). The smallest absolute Gasteiger partial charge is 0.293 e. The lowest BCUT2D eigenvalue weighted by Gasteiger charge is -2.33. The number of rotatable bonds is 5. The molecule has 0 unspecified atom stereocenters. The normalized spacial score (nSPS) is 14.9. The van der Waals surface area contributed by atoms with Gasteiger partial charge in [-0.05, 0) is 30.8 Å². The van der Waals surface area contributed by atoms with Gasteiger partial charge in [0.2, 0.25) is 0 Å². The first kappa shape index (κ1) is 17.8. The molecule has 8 nitrogen and oxygen atoms in total. The highest BCUT2D eigenvalue weighted by molar-refractivity contribution is 5.95. The zero-order valence-corrected chi connectivity index (χ0v) is 14.6. The molecular weight excluding hydrogens is 334 g/mol. The van der Waals surface area contributed by atoms with Crippen LogP contribution in [0.5, 0.6) is 0 Å². The molecule has 1 aliphatic heterocycles. The van der Waals surface area contributed by atoms with Gasteiger partial charge in [0, 0.05) is 56.7 Å². The molecule has 0 aliphatic carbocycles. The average molecular weight is 355 g/mol. The molecule has 0 saturated carbocycles. The van der Waals surface area contributed by atoms with Crippen LogP contribution < -0.4 is 10.2 Å². The van der Waals surface area contributed by atoms with Gasteiger partial charge in [0.05, 0.1) is 4.92 Å². The van der Waals surface area contributed by atoms with E-state index in [1.165, 1.54) is 6.07 Å². The van der Waals surface area contributed by atoms with E-state index in [0.717, 1.165) is 31.7 Å². The number of anilines is 1. The molecule has 1 saturated heterocycles. The van der Waals surface area contributed by atoms with Crippen LogP contribution in [-0.2, 0) is 6.54 Å². The number of benzene rings is 1. The zero-order chi connectivity index (χ0) is 18.5. The van der Waals surface area contributed by atoms with Gasteiger partial charge in [0.25, 0.3) is 11.6 Å². The van der Waals surface area contributed by atoms with Crippen molar-refractivity contribution in [3.63, 3.8) is 0 Å². The van der Waals surface area contributed by atoms with E-state index in [1.807, 2.05) is 18.0 Å². The predicted octanol–water partition coefficient (Wildman–Crippen LogP) is 1.67. The second kappa shape index (κ2) is 7.92. The molecule has 136 valence electrons. The van der Waals surface area contributed by atoms with Gasteiger partial charge in [-0.15, -0.1) is 0 Å². The van der Waals surface area contributed by atoms with Crippen molar-refractivity contribution >= 4 is 17.3 Å². The number of carbonyl (C=O) groups is 1. The molecule has 0 radical (unpaired) electrons. The highest BCUT2D eigenvalue weighted by Crippen LogP contribution is 2.30. The van der Waals surface area contributed by atoms with Crippen molar-refractivity contribution in [2.24, 2.45) is 0 Å². The summed E-state index contributed by atoms with van der Waals surface area (Å²) in [6, 6.07) is 8.30. The third-order valence-electron chi connectivity index (χ3n) is 4.45. The first-order chi connectivity index (χ1) is 12.5. The first-order valence-corrected chi connectivity index (χ1v) is 8.43. The maximum Gasteiger partial charge on any atom is 0.293 e. The first-order valence-electron chi connectivity index (χ1n) is 8.43. The lowest BCUT2D eigenvalue weighted by atomic mass is 10.1. The number of hydrogen-bond donors (Lipinski definition) is 1. The number of nitrogens with one attached hydrogen (secondary N) is 1. The van der Waals surface area contributed by atoms with Gasteiger partial charge in [-0.2, -0.15) is 0 Å². The van der Waals surface area contributed by atoms with E-state index in [1.54, 1.807) is 30.6 Å². The summed E-state index contributed by atoms with van der Waals surface area (Å²) in [5.41, 5.74) is 1.67. The fraction of sp³-hybridized carbons (Fsp3) is 0.333. The molecule has 1 aromatic carbocycles. The van der Waals surface area contributed by atoms with Crippen LogP contribution in [0.1, 0.15) is 15.9 Å². The number of amides is 1. The topological polar surface area (TPSA) is 91.6 Å². The number of nitro benzene ring substituents is 1. The van der Waals surface area contributed by atoms with Gasteiger partial charge in [-0.25, -0.2) is 0 Å². The van der Waals surface area contributed by atoms with Crippen LogP contribution in [0.3, 0.4) is 0 Å². The second-order valence-corrected chi connectivity index (χ2v) is 6.29. The molecule has 8 heteroatoms. The van der Waals surface area contributed by atoms with Crippen LogP contribution >= 0.6 is 0 Å². The van der Waals surface area contributed by atoms with Crippen molar-refractivity contribution in [1.29, 1.82) is 0 Å². The molecule has 1 aromatic heterocycles. The highest BCUT2D eigenvalue weighted by Gasteiger charge is 2.24. The van der Waals surface area contributed by atoms with Gasteiger partial charge in [0.1, 0.15) is 5.69 Å². The van der Waals surface area contributed by atoms with E-state index < -0.39 is 4.92 Å². The molecule has 1 fully saturated rings. The fourth-order valence-corrected chi connectivity index (χ4v) is 2.91. The van der Waals surface area contributed by atoms with E-state index in [-0.39, 0.29) is 17.2 Å². The summed E-state index contributed by atoms with van der Waals surface area (Å²) in [6.07, 6.45) is 3.32. The number of aromatic nitrogens is 1. The van der Waals surface area contributed by atoms with Crippen LogP contribution in [0.25, 0.3) is 0 Å². The van der Waals surface area contributed by atoms with E-state index >= 15 is 0 Å². The number of likely N-dealkylation sites (N-methyl/N-ethyl adjacent to an activating group) is 1.